The molecule has 5 heteroatoms. The molecular weight excluding hydrogens is 334 g/mol. The number of carboxylic acids is 1. The van der Waals surface area contributed by atoms with Crippen molar-refractivity contribution in [3.05, 3.63) is 28.7 Å². The van der Waals surface area contributed by atoms with Crippen molar-refractivity contribution >= 4 is 21.9 Å². The van der Waals surface area contributed by atoms with Crippen LogP contribution in [0.3, 0.4) is 0 Å². The Balaban J connectivity index is 1.71. The van der Waals surface area contributed by atoms with Gasteiger partial charge < -0.3 is 15.2 Å². The summed E-state index contributed by atoms with van der Waals surface area (Å²) in [6.45, 7) is 2.80. The van der Waals surface area contributed by atoms with Crippen LogP contribution in [0.2, 0.25) is 0 Å². The number of halogens is 1. The van der Waals surface area contributed by atoms with E-state index in [9.17, 15) is 4.79 Å². The number of carbonyl (C=O) groups is 1. The van der Waals surface area contributed by atoms with Crippen LogP contribution < -0.4 is 10.1 Å². The molecule has 21 heavy (non-hydrogen) atoms. The molecule has 0 saturated heterocycles. The Morgan fingerprint density at radius 1 is 1.38 bits per heavy atom. The van der Waals surface area contributed by atoms with Gasteiger partial charge in [-0.25, -0.2) is 0 Å². The van der Waals surface area contributed by atoms with Crippen molar-refractivity contribution in [2.75, 3.05) is 6.54 Å². The molecule has 1 aliphatic carbocycles. The summed E-state index contributed by atoms with van der Waals surface area (Å²) in [6, 6.07) is 8.22. The van der Waals surface area contributed by atoms with Crippen molar-refractivity contribution in [2.45, 2.75) is 44.8 Å². The van der Waals surface area contributed by atoms with Gasteiger partial charge in [0.1, 0.15) is 11.9 Å². The Kier molecular flexibility index (Phi) is 6.06. The lowest BCUT2D eigenvalue weighted by Crippen LogP contribution is -2.39. The molecule has 1 aromatic carbocycles. The Morgan fingerprint density at radius 2 is 2.05 bits per heavy atom. The molecule has 1 unspecified atom stereocenters. The highest BCUT2D eigenvalue weighted by Crippen LogP contribution is 2.26. The third kappa shape index (κ3) is 5.00. The van der Waals surface area contributed by atoms with E-state index in [1.54, 1.807) is 0 Å². The van der Waals surface area contributed by atoms with Gasteiger partial charge in [0.05, 0.1) is 10.4 Å². The number of aliphatic carboxylic acids is 1. The molecule has 0 bridgehead atoms. The number of ether oxygens (including phenoxy) is 1. The Morgan fingerprint density at radius 3 is 2.67 bits per heavy atom. The van der Waals surface area contributed by atoms with E-state index in [-0.39, 0.29) is 12.0 Å². The number of nitrogens with one attached hydrogen (secondary N) is 1. The van der Waals surface area contributed by atoms with Gasteiger partial charge in [-0.3, -0.25) is 4.79 Å². The van der Waals surface area contributed by atoms with Crippen molar-refractivity contribution in [3.63, 3.8) is 0 Å². The highest BCUT2D eigenvalue weighted by atomic mass is 79.9. The number of rotatable bonds is 6. The molecule has 0 heterocycles. The van der Waals surface area contributed by atoms with Crippen LogP contribution >= 0.6 is 15.9 Å². The number of para-hydroxylation sites is 1. The van der Waals surface area contributed by atoms with Crippen LogP contribution in [0.15, 0.2) is 28.7 Å². The lowest BCUT2D eigenvalue weighted by molar-refractivity contribution is -0.142. The van der Waals surface area contributed by atoms with E-state index in [1.807, 2.05) is 31.2 Å². The first kappa shape index (κ1) is 16.3. The molecule has 116 valence electrons. The van der Waals surface area contributed by atoms with Gasteiger partial charge in [0.2, 0.25) is 0 Å². The largest absolute Gasteiger partial charge is 0.488 e. The average Bonchev–Trinajstić information content (AvgIpc) is 2.48. The van der Waals surface area contributed by atoms with Crippen LogP contribution in [0.5, 0.6) is 5.75 Å². The van der Waals surface area contributed by atoms with E-state index in [0.29, 0.717) is 6.04 Å². The third-order valence-electron chi connectivity index (χ3n) is 3.94. The smallest absolute Gasteiger partial charge is 0.306 e. The maximum absolute atomic E-state index is 10.9. The molecule has 1 fully saturated rings. The second-order valence-corrected chi connectivity index (χ2v) is 6.51. The summed E-state index contributed by atoms with van der Waals surface area (Å²) in [5.41, 5.74) is 0. The summed E-state index contributed by atoms with van der Waals surface area (Å²) >= 11 is 3.47. The minimum Gasteiger partial charge on any atom is -0.488 e. The van der Waals surface area contributed by atoms with Crippen molar-refractivity contribution in [2.24, 2.45) is 5.92 Å². The number of hydrogen-bond donors (Lipinski definition) is 2. The zero-order valence-corrected chi connectivity index (χ0v) is 13.8. The van der Waals surface area contributed by atoms with Crippen LogP contribution in [0.25, 0.3) is 0 Å². The van der Waals surface area contributed by atoms with E-state index in [0.717, 1.165) is 42.5 Å². The summed E-state index contributed by atoms with van der Waals surface area (Å²) in [5, 5.41) is 12.5. The second kappa shape index (κ2) is 7.80. The Bertz CT molecular complexity index is 472. The average molecular weight is 356 g/mol. The van der Waals surface area contributed by atoms with Crippen molar-refractivity contribution in [3.8, 4) is 5.75 Å². The monoisotopic (exact) mass is 355 g/mol. The lowest BCUT2D eigenvalue weighted by Gasteiger charge is -2.28. The van der Waals surface area contributed by atoms with Crippen LogP contribution in [0, 0.1) is 5.92 Å². The number of carboxylic acid groups (broad SMARTS) is 1. The quantitative estimate of drug-likeness (QED) is 0.820. The highest BCUT2D eigenvalue weighted by Gasteiger charge is 2.25. The molecule has 0 spiro atoms. The predicted octanol–water partition coefficient (Wildman–Crippen LogP) is 3.45. The Labute approximate surface area is 134 Å². The molecule has 1 saturated carbocycles. The fraction of sp³-hybridized carbons (Fsp3) is 0.562. The van der Waals surface area contributed by atoms with Gasteiger partial charge >= 0.3 is 5.97 Å². The fourth-order valence-corrected chi connectivity index (χ4v) is 3.05. The molecule has 0 aromatic heterocycles. The molecule has 0 amide bonds. The molecule has 0 radical (unpaired) electrons. The first-order valence-corrected chi connectivity index (χ1v) is 8.23. The number of hydrogen-bond acceptors (Lipinski definition) is 3. The van der Waals surface area contributed by atoms with Crippen molar-refractivity contribution in [1.82, 2.24) is 5.32 Å². The SMILES string of the molecule is CC(CNC1CCC(C(=O)O)CC1)Oc1ccccc1Br. The Hall–Kier alpha value is -1.07. The minimum absolute atomic E-state index is 0.0703. The van der Waals surface area contributed by atoms with Crippen molar-refractivity contribution < 1.29 is 14.6 Å². The topological polar surface area (TPSA) is 58.6 Å². The van der Waals surface area contributed by atoms with Crippen molar-refractivity contribution in [1.29, 1.82) is 0 Å². The number of benzene rings is 1. The van der Waals surface area contributed by atoms with Crippen LogP contribution in [-0.4, -0.2) is 29.8 Å². The fourth-order valence-electron chi connectivity index (χ4n) is 2.68. The molecule has 1 aromatic rings. The summed E-state index contributed by atoms with van der Waals surface area (Å²) in [4.78, 5) is 10.9. The summed E-state index contributed by atoms with van der Waals surface area (Å²) in [6.07, 6.45) is 3.47. The normalized spacial score (nSPS) is 23.5. The molecule has 2 rings (SSSR count). The van der Waals surface area contributed by atoms with Gasteiger partial charge in [-0.2, -0.15) is 0 Å². The van der Waals surface area contributed by atoms with Gasteiger partial charge in [-0.1, -0.05) is 12.1 Å². The van der Waals surface area contributed by atoms with Gasteiger partial charge in [-0.15, -0.1) is 0 Å². The first-order chi connectivity index (χ1) is 10.1. The molecule has 2 N–H and O–H groups in total. The summed E-state index contributed by atoms with van der Waals surface area (Å²) < 4.78 is 6.85. The van der Waals surface area contributed by atoms with Gasteiger partial charge in [-0.05, 0) is 60.7 Å². The molecule has 1 aliphatic rings. The standard InChI is InChI=1S/C16H22BrNO3/c1-11(21-15-5-3-2-4-14(15)17)10-18-13-8-6-12(7-9-13)16(19)20/h2-5,11-13,18H,6-10H2,1H3,(H,19,20). The summed E-state index contributed by atoms with van der Waals surface area (Å²) in [5.74, 6) is 0.0393. The predicted molar refractivity (Wildman–Crippen MR) is 85.6 cm³/mol. The second-order valence-electron chi connectivity index (χ2n) is 5.65. The van der Waals surface area contributed by atoms with E-state index < -0.39 is 5.97 Å². The van der Waals surface area contributed by atoms with Crippen LogP contribution in [-0.2, 0) is 4.79 Å². The molecular formula is C16H22BrNO3. The minimum atomic E-state index is -0.654. The molecule has 4 nitrogen and oxygen atoms in total. The molecule has 1 atom stereocenters. The van der Waals surface area contributed by atoms with E-state index in [1.165, 1.54) is 0 Å². The van der Waals surface area contributed by atoms with Crippen LogP contribution in [0.1, 0.15) is 32.6 Å². The summed E-state index contributed by atoms with van der Waals surface area (Å²) in [7, 11) is 0. The maximum atomic E-state index is 10.9. The molecule has 0 aliphatic heterocycles. The van der Waals surface area contributed by atoms with Gasteiger partial charge in [0, 0.05) is 12.6 Å². The maximum Gasteiger partial charge on any atom is 0.306 e. The van der Waals surface area contributed by atoms with E-state index in [2.05, 4.69) is 21.2 Å². The first-order valence-electron chi connectivity index (χ1n) is 7.43. The zero-order valence-electron chi connectivity index (χ0n) is 12.2. The van der Waals surface area contributed by atoms with E-state index >= 15 is 0 Å². The highest BCUT2D eigenvalue weighted by molar-refractivity contribution is 9.10. The lowest BCUT2D eigenvalue weighted by atomic mass is 9.86. The third-order valence-corrected chi connectivity index (χ3v) is 4.59. The van der Waals surface area contributed by atoms with E-state index in [4.69, 9.17) is 9.84 Å². The van der Waals surface area contributed by atoms with Crippen LogP contribution in [0.4, 0.5) is 0 Å². The van der Waals surface area contributed by atoms with Gasteiger partial charge in [0.25, 0.3) is 0 Å². The van der Waals surface area contributed by atoms with Gasteiger partial charge in [0.15, 0.2) is 0 Å². The zero-order chi connectivity index (χ0) is 15.2.